The summed E-state index contributed by atoms with van der Waals surface area (Å²) in [7, 11) is 0. The molecule has 29 heteroatoms. The molecule has 12 heterocycles. The van der Waals surface area contributed by atoms with Crippen LogP contribution in [0.15, 0.2) is 189 Å². The van der Waals surface area contributed by atoms with Crippen LogP contribution in [-0.4, -0.2) is 130 Å². The Morgan fingerprint density at radius 2 is 0.725 bits per heavy atom. The molecule has 558 valence electrons. The molecule has 16 rings (SSSR count). The normalized spacial score (nSPS) is 14.2. The summed E-state index contributed by atoms with van der Waals surface area (Å²) in [5, 5.41) is 31.6. The number of halogens is 5. The smallest absolute Gasteiger partial charge is 0.230 e. The minimum atomic E-state index is -0.996. The summed E-state index contributed by atoms with van der Waals surface area (Å²) in [6.07, 6.45) is 15.9. The molecule has 4 aromatic carbocycles. The minimum absolute atomic E-state index is 0.0373. The third-order valence-corrected chi connectivity index (χ3v) is 20.6. The van der Waals surface area contributed by atoms with Crippen molar-refractivity contribution in [3.05, 3.63) is 283 Å². The van der Waals surface area contributed by atoms with Crippen molar-refractivity contribution in [2.75, 3.05) is 26.2 Å². The van der Waals surface area contributed by atoms with E-state index in [1.165, 1.54) is 12.1 Å². The van der Waals surface area contributed by atoms with Crippen molar-refractivity contribution < 1.29 is 28.0 Å². The molecule has 0 saturated heterocycles. The minimum Gasteiger partial charge on any atom is -0.332 e. The number of nitrogens with zero attached hydrogens (tertiary/aromatic N) is 12. The number of amides is 4. The maximum absolute atomic E-state index is 14.3. The van der Waals surface area contributed by atoms with E-state index in [9.17, 15) is 28.0 Å². The topological polar surface area (TPSA) is 352 Å². The molecule has 0 saturated carbocycles. The fourth-order valence-electron chi connectivity index (χ4n) is 14.4. The molecule has 0 radical (unpaired) electrons. The summed E-state index contributed by atoms with van der Waals surface area (Å²) in [6.45, 7) is 5.28. The van der Waals surface area contributed by atoms with Gasteiger partial charge in [0.05, 0.1) is 122 Å². The third-order valence-electron chi connectivity index (χ3n) is 19.8. The highest BCUT2D eigenvalue weighted by Gasteiger charge is 2.38. The first-order chi connectivity index (χ1) is 53.1. The first-order valence-corrected chi connectivity index (χ1v) is 36.8. The van der Waals surface area contributed by atoms with Gasteiger partial charge in [-0.25, -0.2) is 8.78 Å². The lowest BCUT2D eigenvalue weighted by atomic mass is 9.93. The predicted octanol–water partition coefficient (Wildman–Crippen LogP) is 12.0. The molecule has 12 aromatic rings. The molecule has 12 N–H and O–H groups in total. The van der Waals surface area contributed by atoms with Crippen molar-refractivity contribution >= 4 is 58.4 Å². The zero-order chi connectivity index (χ0) is 76.1. The van der Waals surface area contributed by atoms with Crippen molar-refractivity contribution in [1.29, 1.82) is 0 Å². The van der Waals surface area contributed by atoms with Gasteiger partial charge >= 0.3 is 0 Å². The Balaban J connectivity index is 0.000000128. The molecule has 0 fully saturated rings. The Bertz CT molecular complexity index is 5130. The van der Waals surface area contributed by atoms with Gasteiger partial charge in [0, 0.05) is 115 Å². The number of nitrogens with two attached hydrogens (primary N) is 4. The number of carbonyl (C=O) groups excluding carboxylic acids is 4. The number of benzene rings is 4. The predicted molar refractivity (Wildman–Crippen MR) is 411 cm³/mol. The number of carbonyl (C=O) groups is 4. The number of aromatic nitrogens is 12. The average Bonchev–Trinajstić information content (AvgIpc) is 1.65. The van der Waals surface area contributed by atoms with Crippen LogP contribution in [0.4, 0.5) is 8.78 Å². The Morgan fingerprint density at radius 3 is 1.09 bits per heavy atom. The highest BCUT2D eigenvalue weighted by molar-refractivity contribution is 6.32. The number of hydrogen-bond donors (Lipinski definition) is 8. The Hall–Kier alpha value is -11.2. The van der Waals surface area contributed by atoms with E-state index in [4.69, 9.17) is 57.7 Å². The van der Waals surface area contributed by atoms with Crippen molar-refractivity contribution in [1.82, 2.24) is 80.3 Å². The van der Waals surface area contributed by atoms with E-state index in [2.05, 4.69) is 60.7 Å². The first kappa shape index (κ1) is 76.0. The lowest BCUT2D eigenvalue weighted by molar-refractivity contribution is -0.134. The van der Waals surface area contributed by atoms with Gasteiger partial charge in [-0.3, -0.25) is 59.5 Å². The van der Waals surface area contributed by atoms with E-state index in [0.717, 1.165) is 113 Å². The van der Waals surface area contributed by atoms with Crippen molar-refractivity contribution in [3.63, 3.8) is 0 Å². The highest BCUT2D eigenvalue weighted by atomic mass is 35.5. The van der Waals surface area contributed by atoms with Crippen LogP contribution in [0, 0.1) is 11.6 Å². The fourth-order valence-corrected chi connectivity index (χ4v) is 14.9. The number of H-pyrrole nitrogens is 4. The van der Waals surface area contributed by atoms with E-state index in [-0.39, 0.29) is 59.9 Å². The third kappa shape index (κ3) is 17.1. The van der Waals surface area contributed by atoms with Crippen LogP contribution < -0.4 is 22.9 Å². The standard InChI is InChI=1S/3C20H20ClN5O.C20H19F2N5O/c21-15-5-1-3-13(9-15)16(6-7-22)20(27)26-11-17-18(12-26)24-25-19(17)14-4-2-8-23-10-14;21-15-5-3-13(4-6-15)16(7-8-22)20(27)26-11-17-18(12-26)24-25-19(17)14-2-1-9-23-10-14;21-17-6-2-1-5-14(17)15(7-8-22)20(27)26-11-16-18(12-26)24-25-19(16)13-4-3-9-23-10-13;21-16-5-1-4-13(18(16)22)14(6-7-23)20(28)27-10-15-17(11-27)25-26-19(15)12-3-2-8-24-9-12/h1-5,8-10,16H,6-7,11-12,22H2,(H,24,25);1-6,9-10,16H,7-8,11-12,22H2,(H,24,25);1-6,9-10,15H,7-8,11-12,22H2,(H,24,25);1-5,8-9,14H,6-7,10-11,23H2,(H,25,26). The summed E-state index contributed by atoms with van der Waals surface area (Å²) in [5.41, 5.74) is 40.5. The quantitative estimate of drug-likeness (QED) is 0.0351. The van der Waals surface area contributed by atoms with Crippen LogP contribution in [0.3, 0.4) is 0 Å². The van der Waals surface area contributed by atoms with Crippen molar-refractivity contribution in [3.8, 4) is 45.0 Å². The second kappa shape index (κ2) is 35.2. The molecule has 4 unspecified atom stereocenters. The Morgan fingerprint density at radius 1 is 0.376 bits per heavy atom. The fraction of sp³-hybridized carbons (Fsp3) is 0.250. The summed E-state index contributed by atoms with van der Waals surface area (Å²) >= 11 is 18.5. The number of pyridine rings is 4. The van der Waals surface area contributed by atoms with Crippen molar-refractivity contribution in [2.24, 2.45) is 22.9 Å². The molecule has 4 atom stereocenters. The van der Waals surface area contributed by atoms with Crippen LogP contribution in [-0.2, 0) is 71.5 Å². The monoisotopic (exact) mass is 1530 g/mol. The van der Waals surface area contributed by atoms with Crippen LogP contribution >= 0.6 is 34.8 Å². The molecule has 0 aliphatic carbocycles. The summed E-state index contributed by atoms with van der Waals surface area (Å²) in [4.78, 5) is 76.6. The largest absolute Gasteiger partial charge is 0.332 e. The van der Waals surface area contributed by atoms with Gasteiger partial charge in [-0.05, 0) is 153 Å². The Labute approximate surface area is 642 Å². The van der Waals surface area contributed by atoms with Gasteiger partial charge in [0.15, 0.2) is 11.6 Å². The van der Waals surface area contributed by atoms with Crippen LogP contribution in [0.2, 0.25) is 15.1 Å². The van der Waals surface area contributed by atoms with E-state index >= 15 is 0 Å². The van der Waals surface area contributed by atoms with Crippen LogP contribution in [0.5, 0.6) is 0 Å². The lowest BCUT2D eigenvalue weighted by Gasteiger charge is -2.24. The van der Waals surface area contributed by atoms with Gasteiger partial charge in [-0.15, -0.1) is 0 Å². The summed E-state index contributed by atoms with van der Waals surface area (Å²) in [5.74, 6) is -3.83. The van der Waals surface area contributed by atoms with E-state index in [0.29, 0.717) is 106 Å². The first-order valence-electron chi connectivity index (χ1n) is 35.6. The second-order valence-electron chi connectivity index (χ2n) is 26.7. The molecular weight excluding hydrogens is 1450 g/mol. The summed E-state index contributed by atoms with van der Waals surface area (Å²) < 4.78 is 28.0. The molecule has 0 bridgehead atoms. The van der Waals surface area contributed by atoms with Gasteiger partial charge in [-0.2, -0.15) is 20.4 Å². The molecule has 8 aromatic heterocycles. The van der Waals surface area contributed by atoms with Gasteiger partial charge in [0.1, 0.15) is 0 Å². The molecule has 24 nitrogen and oxygen atoms in total. The van der Waals surface area contributed by atoms with Gasteiger partial charge < -0.3 is 42.5 Å². The molecule has 0 spiro atoms. The number of nitrogens with one attached hydrogen (secondary N) is 4. The van der Waals surface area contributed by atoms with Gasteiger partial charge in [-0.1, -0.05) is 89.4 Å². The number of fused-ring (bicyclic) bond motifs is 4. The molecular formula is C80H79Cl3F2N20O4. The summed E-state index contributed by atoms with van der Waals surface area (Å²) in [6, 6.07) is 41.5. The van der Waals surface area contributed by atoms with Gasteiger partial charge in [0.25, 0.3) is 0 Å². The number of rotatable bonds is 20. The molecule has 4 amide bonds. The van der Waals surface area contributed by atoms with E-state index in [1.807, 2.05) is 136 Å². The zero-order valence-electron chi connectivity index (χ0n) is 59.2. The highest BCUT2D eigenvalue weighted by Crippen LogP contribution is 2.40. The number of hydrogen-bond acceptors (Lipinski definition) is 16. The van der Waals surface area contributed by atoms with E-state index < -0.39 is 17.6 Å². The maximum atomic E-state index is 14.3. The van der Waals surface area contributed by atoms with E-state index in [1.54, 1.807) is 54.5 Å². The average molecular weight is 1530 g/mol. The van der Waals surface area contributed by atoms with Crippen molar-refractivity contribution in [2.45, 2.75) is 102 Å². The molecule has 109 heavy (non-hydrogen) atoms. The maximum Gasteiger partial charge on any atom is 0.230 e. The molecule has 4 aliphatic rings. The number of aromatic amines is 4. The van der Waals surface area contributed by atoms with Crippen LogP contribution in [0.1, 0.15) is 117 Å². The van der Waals surface area contributed by atoms with Crippen LogP contribution in [0.25, 0.3) is 45.0 Å². The van der Waals surface area contributed by atoms with Gasteiger partial charge in [0.2, 0.25) is 23.6 Å². The zero-order valence-corrected chi connectivity index (χ0v) is 61.5. The molecule has 4 aliphatic heterocycles. The lowest BCUT2D eigenvalue weighted by Crippen LogP contribution is -2.32. The second-order valence-corrected chi connectivity index (χ2v) is 27.9. The SMILES string of the molecule is NCCC(C(=O)N1Cc2[nH]nc(-c3cccnc3)c2C1)c1ccc(Cl)cc1.NCCC(C(=O)N1Cc2[nH]nc(-c3cccnc3)c2C1)c1cccc(Cl)c1.NCCC(C(=O)N1Cc2[nH]nc(-c3cccnc3)c2C1)c1cccc(F)c1F.NCCC(C(=O)N1Cc2[nH]nc(-c3cccnc3)c2C1)c1ccccc1Cl. The Kier molecular flexibility index (Phi) is 24.5.